The highest BCUT2D eigenvalue weighted by molar-refractivity contribution is 5.95. The van der Waals surface area contributed by atoms with E-state index in [1.165, 1.54) is 0 Å². The number of quaternary nitrogens is 1. The molecule has 132 valence electrons. The standard InChI is InChI=1S/C20H25N3O2/c1-22-11-13-23(14-12-22)18-9-5-4-8-17(18)21-20(24)15-16-7-3-6-10-19(16)25-2/h3-10H,11-15H2,1-2H3,(H,21,24)/p+1. The summed E-state index contributed by atoms with van der Waals surface area (Å²) < 4.78 is 5.33. The second kappa shape index (κ2) is 8.03. The Kier molecular flexibility index (Phi) is 5.56. The zero-order chi connectivity index (χ0) is 17.6. The third-order valence-electron chi connectivity index (χ3n) is 4.68. The number of carbonyl (C=O) groups excluding carboxylic acids is 1. The Morgan fingerprint density at radius 1 is 1.12 bits per heavy atom. The molecule has 2 aromatic rings. The largest absolute Gasteiger partial charge is 0.496 e. The van der Waals surface area contributed by atoms with E-state index in [0.717, 1.165) is 48.9 Å². The van der Waals surface area contributed by atoms with Crippen LogP contribution < -0.4 is 19.9 Å². The van der Waals surface area contributed by atoms with Gasteiger partial charge in [-0.2, -0.15) is 0 Å². The molecule has 1 aliphatic rings. The number of para-hydroxylation sites is 3. The molecule has 5 nitrogen and oxygen atoms in total. The van der Waals surface area contributed by atoms with Crippen molar-refractivity contribution in [1.29, 1.82) is 0 Å². The molecule has 0 aliphatic carbocycles. The third kappa shape index (κ3) is 4.31. The van der Waals surface area contributed by atoms with Crippen LogP contribution in [0.25, 0.3) is 0 Å². The number of ether oxygens (including phenoxy) is 1. The van der Waals surface area contributed by atoms with E-state index in [9.17, 15) is 4.79 Å². The number of hydrogen-bond acceptors (Lipinski definition) is 3. The molecule has 0 bridgehead atoms. The number of carbonyl (C=O) groups is 1. The maximum atomic E-state index is 12.5. The number of methoxy groups -OCH3 is 1. The molecular formula is C20H26N3O2+. The van der Waals surface area contributed by atoms with Gasteiger partial charge >= 0.3 is 0 Å². The zero-order valence-electron chi connectivity index (χ0n) is 14.9. The summed E-state index contributed by atoms with van der Waals surface area (Å²) in [6.07, 6.45) is 0.297. The number of hydrogen-bond donors (Lipinski definition) is 2. The van der Waals surface area contributed by atoms with E-state index in [4.69, 9.17) is 4.74 Å². The lowest BCUT2D eigenvalue weighted by Crippen LogP contribution is -3.12. The minimum Gasteiger partial charge on any atom is -0.496 e. The van der Waals surface area contributed by atoms with Crippen molar-refractivity contribution in [3.63, 3.8) is 0 Å². The molecule has 0 radical (unpaired) electrons. The predicted octanol–water partition coefficient (Wildman–Crippen LogP) is 1.21. The maximum absolute atomic E-state index is 12.5. The fourth-order valence-corrected chi connectivity index (χ4v) is 3.20. The lowest BCUT2D eigenvalue weighted by molar-refractivity contribution is -0.880. The average molecular weight is 340 g/mol. The van der Waals surface area contributed by atoms with Gasteiger partial charge in [0.25, 0.3) is 0 Å². The number of benzene rings is 2. The fraction of sp³-hybridized carbons (Fsp3) is 0.350. The van der Waals surface area contributed by atoms with Crippen LogP contribution in [-0.4, -0.2) is 46.2 Å². The van der Waals surface area contributed by atoms with Crippen molar-refractivity contribution in [2.24, 2.45) is 0 Å². The molecular weight excluding hydrogens is 314 g/mol. The number of likely N-dealkylation sites (N-methyl/N-ethyl adjacent to an activating group) is 1. The normalized spacial score (nSPS) is 15.0. The first-order valence-corrected chi connectivity index (χ1v) is 8.74. The number of anilines is 2. The van der Waals surface area contributed by atoms with Gasteiger partial charge in [-0.3, -0.25) is 4.79 Å². The summed E-state index contributed by atoms with van der Waals surface area (Å²) in [4.78, 5) is 16.5. The summed E-state index contributed by atoms with van der Waals surface area (Å²) in [5, 5.41) is 3.08. The maximum Gasteiger partial charge on any atom is 0.228 e. The van der Waals surface area contributed by atoms with Crippen molar-refractivity contribution >= 4 is 17.3 Å². The summed E-state index contributed by atoms with van der Waals surface area (Å²) in [5.74, 6) is 0.713. The Balaban J connectivity index is 1.71. The Morgan fingerprint density at radius 2 is 1.80 bits per heavy atom. The van der Waals surface area contributed by atoms with Crippen LogP contribution >= 0.6 is 0 Å². The number of nitrogens with one attached hydrogen (secondary N) is 2. The van der Waals surface area contributed by atoms with Crippen molar-refractivity contribution in [2.75, 3.05) is 50.6 Å². The van der Waals surface area contributed by atoms with Crippen molar-refractivity contribution in [1.82, 2.24) is 0 Å². The van der Waals surface area contributed by atoms with Crippen molar-refractivity contribution in [3.8, 4) is 5.75 Å². The topological polar surface area (TPSA) is 46.0 Å². The predicted molar refractivity (Wildman–Crippen MR) is 101 cm³/mol. The monoisotopic (exact) mass is 340 g/mol. The van der Waals surface area contributed by atoms with Gasteiger partial charge in [-0.05, 0) is 18.2 Å². The minimum atomic E-state index is -0.0308. The van der Waals surface area contributed by atoms with Crippen LogP contribution in [0.1, 0.15) is 5.56 Å². The van der Waals surface area contributed by atoms with Crippen molar-refractivity contribution < 1.29 is 14.4 Å². The summed E-state index contributed by atoms with van der Waals surface area (Å²) in [7, 11) is 3.85. The van der Waals surface area contributed by atoms with E-state index in [1.54, 1.807) is 12.0 Å². The molecule has 1 saturated heterocycles. The van der Waals surface area contributed by atoms with Gasteiger partial charge in [-0.1, -0.05) is 30.3 Å². The van der Waals surface area contributed by atoms with Gasteiger partial charge in [0, 0.05) is 5.56 Å². The SMILES string of the molecule is COc1ccccc1CC(=O)Nc1ccccc1N1CC[NH+](C)CC1. The Hall–Kier alpha value is -2.53. The molecule has 2 N–H and O–H groups in total. The lowest BCUT2D eigenvalue weighted by atomic mass is 10.1. The molecule has 2 aromatic carbocycles. The summed E-state index contributed by atoms with van der Waals surface area (Å²) in [5.41, 5.74) is 2.87. The number of rotatable bonds is 5. The number of amides is 1. The third-order valence-corrected chi connectivity index (χ3v) is 4.68. The van der Waals surface area contributed by atoms with Gasteiger partial charge in [0.05, 0.1) is 58.1 Å². The molecule has 3 rings (SSSR count). The van der Waals surface area contributed by atoms with E-state index < -0.39 is 0 Å². The molecule has 1 heterocycles. The first-order chi connectivity index (χ1) is 12.2. The highest BCUT2D eigenvalue weighted by Crippen LogP contribution is 2.26. The Bertz CT molecular complexity index is 724. The Labute approximate surface area is 149 Å². The van der Waals surface area contributed by atoms with E-state index >= 15 is 0 Å². The van der Waals surface area contributed by atoms with Crippen LogP contribution in [-0.2, 0) is 11.2 Å². The van der Waals surface area contributed by atoms with Gasteiger partial charge in [0.15, 0.2) is 0 Å². The lowest BCUT2D eigenvalue weighted by Gasteiger charge is -2.33. The summed E-state index contributed by atoms with van der Waals surface area (Å²) in [6, 6.07) is 15.7. The van der Waals surface area contributed by atoms with Gasteiger partial charge in [0.2, 0.25) is 5.91 Å². The van der Waals surface area contributed by atoms with Gasteiger partial charge in [-0.25, -0.2) is 0 Å². The van der Waals surface area contributed by atoms with E-state index in [2.05, 4.69) is 23.3 Å². The van der Waals surface area contributed by atoms with Crippen molar-refractivity contribution in [3.05, 3.63) is 54.1 Å². The quantitative estimate of drug-likeness (QED) is 0.860. The van der Waals surface area contributed by atoms with Gasteiger partial charge < -0.3 is 19.9 Å². The first kappa shape index (κ1) is 17.3. The molecule has 0 saturated carbocycles. The first-order valence-electron chi connectivity index (χ1n) is 8.74. The molecule has 1 aliphatic heterocycles. The summed E-state index contributed by atoms with van der Waals surface area (Å²) >= 11 is 0. The number of piperazine rings is 1. The molecule has 25 heavy (non-hydrogen) atoms. The average Bonchev–Trinajstić information content (AvgIpc) is 2.63. The molecule has 0 atom stereocenters. The van der Waals surface area contributed by atoms with Crippen molar-refractivity contribution in [2.45, 2.75) is 6.42 Å². The minimum absolute atomic E-state index is 0.0308. The molecule has 0 unspecified atom stereocenters. The Morgan fingerprint density at radius 3 is 2.56 bits per heavy atom. The molecule has 0 spiro atoms. The van der Waals surface area contributed by atoms with Crippen LogP contribution in [0.15, 0.2) is 48.5 Å². The van der Waals surface area contributed by atoms with Gasteiger partial charge in [-0.15, -0.1) is 0 Å². The second-order valence-electron chi connectivity index (χ2n) is 6.50. The smallest absolute Gasteiger partial charge is 0.228 e. The van der Waals surface area contributed by atoms with E-state index in [0.29, 0.717) is 6.42 Å². The van der Waals surface area contributed by atoms with Crippen LogP contribution in [0.3, 0.4) is 0 Å². The van der Waals surface area contributed by atoms with Crippen LogP contribution in [0.5, 0.6) is 5.75 Å². The fourth-order valence-electron chi connectivity index (χ4n) is 3.20. The molecule has 1 fully saturated rings. The van der Waals surface area contributed by atoms with E-state index in [-0.39, 0.29) is 5.91 Å². The molecule has 1 amide bonds. The van der Waals surface area contributed by atoms with Crippen LogP contribution in [0.2, 0.25) is 0 Å². The van der Waals surface area contributed by atoms with Crippen LogP contribution in [0.4, 0.5) is 11.4 Å². The van der Waals surface area contributed by atoms with Crippen LogP contribution in [0, 0.1) is 0 Å². The zero-order valence-corrected chi connectivity index (χ0v) is 14.9. The second-order valence-corrected chi connectivity index (χ2v) is 6.50. The highest BCUT2D eigenvalue weighted by Gasteiger charge is 2.20. The number of nitrogens with zero attached hydrogens (tertiary/aromatic N) is 1. The summed E-state index contributed by atoms with van der Waals surface area (Å²) in [6.45, 7) is 4.24. The highest BCUT2D eigenvalue weighted by atomic mass is 16.5. The molecule has 0 aromatic heterocycles. The van der Waals surface area contributed by atoms with E-state index in [1.807, 2.05) is 42.5 Å². The van der Waals surface area contributed by atoms with Gasteiger partial charge in [0.1, 0.15) is 5.75 Å². The molecule has 5 heteroatoms.